The Labute approximate surface area is 133 Å². The molecule has 1 rings (SSSR count). The molecule has 114 valence electrons. The van der Waals surface area contributed by atoms with Crippen LogP contribution in [0.25, 0.3) is 6.08 Å². The lowest BCUT2D eigenvalue weighted by atomic mass is 10.0. The van der Waals surface area contributed by atoms with E-state index in [1.54, 1.807) is 24.3 Å². The molecule has 0 aliphatic carbocycles. The molecule has 1 aromatic rings. The van der Waals surface area contributed by atoms with Crippen LogP contribution < -0.4 is 5.32 Å². The Bertz CT molecular complexity index is 536. The summed E-state index contributed by atoms with van der Waals surface area (Å²) < 4.78 is 0. The Morgan fingerprint density at radius 2 is 1.81 bits per heavy atom. The van der Waals surface area contributed by atoms with Gasteiger partial charge in [0.15, 0.2) is 0 Å². The topological polar surface area (TPSA) is 66.4 Å². The highest BCUT2D eigenvalue weighted by atomic mass is 35.5. The zero-order valence-electron chi connectivity index (χ0n) is 11.8. The van der Waals surface area contributed by atoms with E-state index in [4.69, 9.17) is 28.3 Å². The van der Waals surface area contributed by atoms with E-state index in [0.29, 0.717) is 15.6 Å². The first-order valence-corrected chi connectivity index (χ1v) is 7.20. The summed E-state index contributed by atoms with van der Waals surface area (Å²) in [6.45, 7) is 3.71. The van der Waals surface area contributed by atoms with Crippen LogP contribution in [0.5, 0.6) is 0 Å². The van der Waals surface area contributed by atoms with E-state index < -0.39 is 12.0 Å². The molecule has 0 saturated carbocycles. The first-order chi connectivity index (χ1) is 9.77. The number of aliphatic carboxylic acids is 1. The highest BCUT2D eigenvalue weighted by Gasteiger charge is 2.18. The van der Waals surface area contributed by atoms with E-state index in [1.807, 2.05) is 13.8 Å². The average Bonchev–Trinajstić information content (AvgIpc) is 2.33. The van der Waals surface area contributed by atoms with Gasteiger partial charge in [0.05, 0.1) is 6.42 Å². The van der Waals surface area contributed by atoms with Gasteiger partial charge < -0.3 is 10.4 Å². The molecular formula is C15H17Cl2NO3. The van der Waals surface area contributed by atoms with Crippen LogP contribution >= 0.6 is 23.2 Å². The van der Waals surface area contributed by atoms with Gasteiger partial charge in [0.1, 0.15) is 0 Å². The van der Waals surface area contributed by atoms with Gasteiger partial charge in [0.25, 0.3) is 0 Å². The number of rotatable bonds is 6. The summed E-state index contributed by atoms with van der Waals surface area (Å²) in [5.41, 5.74) is 0.696. The smallest absolute Gasteiger partial charge is 0.305 e. The first-order valence-electron chi connectivity index (χ1n) is 6.44. The second-order valence-electron chi connectivity index (χ2n) is 4.99. The van der Waals surface area contributed by atoms with Crippen molar-refractivity contribution in [1.29, 1.82) is 0 Å². The molecule has 0 fully saturated rings. The zero-order chi connectivity index (χ0) is 16.0. The van der Waals surface area contributed by atoms with Gasteiger partial charge in [-0.05, 0) is 35.8 Å². The molecule has 2 N–H and O–H groups in total. The fourth-order valence-electron chi connectivity index (χ4n) is 1.72. The van der Waals surface area contributed by atoms with Crippen molar-refractivity contribution < 1.29 is 14.7 Å². The third kappa shape index (κ3) is 6.65. The Hall–Kier alpha value is -1.52. The summed E-state index contributed by atoms with van der Waals surface area (Å²) in [6, 6.07) is 4.54. The minimum Gasteiger partial charge on any atom is -0.481 e. The van der Waals surface area contributed by atoms with Crippen LogP contribution in [0.2, 0.25) is 10.0 Å². The SMILES string of the molecule is CC(C)C(CC(=O)O)NC(=O)/C=C/c1cc(Cl)cc(Cl)c1. The monoisotopic (exact) mass is 329 g/mol. The maximum Gasteiger partial charge on any atom is 0.305 e. The van der Waals surface area contributed by atoms with Gasteiger partial charge in [-0.3, -0.25) is 9.59 Å². The van der Waals surface area contributed by atoms with Crippen molar-refractivity contribution in [2.24, 2.45) is 5.92 Å². The number of amides is 1. The highest BCUT2D eigenvalue weighted by molar-refractivity contribution is 6.34. The van der Waals surface area contributed by atoms with Gasteiger partial charge in [-0.2, -0.15) is 0 Å². The molecule has 1 atom stereocenters. The minimum atomic E-state index is -0.945. The van der Waals surface area contributed by atoms with Crippen molar-refractivity contribution in [3.8, 4) is 0 Å². The predicted octanol–water partition coefficient (Wildman–Crippen LogP) is 3.62. The van der Waals surface area contributed by atoms with Crippen molar-refractivity contribution in [2.45, 2.75) is 26.3 Å². The summed E-state index contributed by atoms with van der Waals surface area (Å²) in [5.74, 6) is -1.27. The van der Waals surface area contributed by atoms with E-state index in [-0.39, 0.29) is 18.2 Å². The Balaban J connectivity index is 2.70. The van der Waals surface area contributed by atoms with E-state index in [1.165, 1.54) is 6.08 Å². The number of halogens is 2. The van der Waals surface area contributed by atoms with Crippen molar-refractivity contribution in [2.75, 3.05) is 0 Å². The van der Waals surface area contributed by atoms with Crippen LogP contribution in [0.15, 0.2) is 24.3 Å². The van der Waals surface area contributed by atoms with Gasteiger partial charge in [-0.25, -0.2) is 0 Å². The van der Waals surface area contributed by atoms with Crippen LogP contribution in [0, 0.1) is 5.92 Å². The maximum atomic E-state index is 11.8. The molecule has 6 heteroatoms. The summed E-state index contributed by atoms with van der Waals surface area (Å²) in [7, 11) is 0. The van der Waals surface area contributed by atoms with Crippen molar-refractivity contribution >= 4 is 41.2 Å². The third-order valence-corrected chi connectivity index (χ3v) is 3.28. The Kier molecular flexibility index (Phi) is 6.72. The second-order valence-corrected chi connectivity index (χ2v) is 5.87. The molecule has 0 radical (unpaired) electrons. The van der Waals surface area contributed by atoms with Crippen LogP contribution in [0.4, 0.5) is 0 Å². The summed E-state index contributed by atoms with van der Waals surface area (Å²) in [4.78, 5) is 22.6. The number of carbonyl (C=O) groups is 2. The largest absolute Gasteiger partial charge is 0.481 e. The van der Waals surface area contributed by atoms with Crippen LogP contribution in [-0.4, -0.2) is 23.0 Å². The molecular weight excluding hydrogens is 313 g/mol. The lowest BCUT2D eigenvalue weighted by Crippen LogP contribution is -2.39. The first kappa shape index (κ1) is 17.5. The quantitative estimate of drug-likeness (QED) is 0.783. The third-order valence-electron chi connectivity index (χ3n) is 2.84. The average molecular weight is 330 g/mol. The standard InChI is InChI=1S/C15H17Cl2NO3/c1-9(2)13(8-15(20)21)18-14(19)4-3-10-5-11(16)7-12(17)6-10/h3-7,9,13H,8H2,1-2H3,(H,18,19)(H,20,21)/b4-3+. The highest BCUT2D eigenvalue weighted by Crippen LogP contribution is 2.19. The fourth-order valence-corrected chi connectivity index (χ4v) is 2.26. The van der Waals surface area contributed by atoms with Crippen molar-refractivity contribution in [1.82, 2.24) is 5.32 Å². The lowest BCUT2D eigenvalue weighted by molar-refractivity contribution is -0.138. The molecule has 0 spiro atoms. The number of benzene rings is 1. The van der Waals surface area contributed by atoms with Crippen molar-refractivity contribution in [3.05, 3.63) is 39.9 Å². The molecule has 1 unspecified atom stereocenters. The molecule has 0 aromatic heterocycles. The number of carboxylic acids is 1. The fraction of sp³-hybridized carbons (Fsp3) is 0.333. The Morgan fingerprint density at radius 3 is 2.29 bits per heavy atom. The van der Waals surface area contributed by atoms with Crippen LogP contribution in [-0.2, 0) is 9.59 Å². The molecule has 4 nitrogen and oxygen atoms in total. The molecule has 1 aromatic carbocycles. The van der Waals surface area contributed by atoms with Gasteiger partial charge in [0, 0.05) is 22.2 Å². The van der Waals surface area contributed by atoms with E-state index in [2.05, 4.69) is 5.32 Å². The molecule has 0 aliphatic rings. The van der Waals surface area contributed by atoms with Gasteiger partial charge >= 0.3 is 5.97 Å². The van der Waals surface area contributed by atoms with Crippen LogP contribution in [0.1, 0.15) is 25.8 Å². The second kappa shape index (κ2) is 8.05. The number of carbonyl (C=O) groups excluding carboxylic acids is 1. The predicted molar refractivity (Wildman–Crippen MR) is 84.5 cm³/mol. The van der Waals surface area contributed by atoms with E-state index in [0.717, 1.165) is 0 Å². The van der Waals surface area contributed by atoms with Gasteiger partial charge in [0.2, 0.25) is 5.91 Å². The summed E-state index contributed by atoms with van der Waals surface area (Å²) in [6.07, 6.45) is 2.80. The Morgan fingerprint density at radius 1 is 1.24 bits per heavy atom. The van der Waals surface area contributed by atoms with E-state index in [9.17, 15) is 9.59 Å². The molecule has 0 aliphatic heterocycles. The number of carboxylic acid groups (broad SMARTS) is 1. The van der Waals surface area contributed by atoms with Crippen LogP contribution in [0.3, 0.4) is 0 Å². The van der Waals surface area contributed by atoms with Gasteiger partial charge in [-0.15, -0.1) is 0 Å². The van der Waals surface area contributed by atoms with Crippen molar-refractivity contribution in [3.63, 3.8) is 0 Å². The molecule has 0 bridgehead atoms. The number of hydrogen-bond acceptors (Lipinski definition) is 2. The summed E-state index contributed by atoms with van der Waals surface area (Å²) >= 11 is 11.7. The van der Waals surface area contributed by atoms with E-state index >= 15 is 0 Å². The molecule has 0 heterocycles. The lowest BCUT2D eigenvalue weighted by Gasteiger charge is -2.19. The molecule has 0 saturated heterocycles. The maximum absolute atomic E-state index is 11.8. The molecule has 21 heavy (non-hydrogen) atoms. The number of hydrogen-bond donors (Lipinski definition) is 2. The minimum absolute atomic E-state index is 0.0269. The number of nitrogens with one attached hydrogen (secondary N) is 1. The van der Waals surface area contributed by atoms with Gasteiger partial charge in [-0.1, -0.05) is 37.0 Å². The summed E-state index contributed by atoms with van der Waals surface area (Å²) in [5, 5.41) is 12.5. The molecule has 1 amide bonds. The normalized spacial score (nSPS) is 12.6. The zero-order valence-corrected chi connectivity index (χ0v) is 13.3.